The van der Waals surface area contributed by atoms with Crippen molar-refractivity contribution in [2.24, 2.45) is 5.73 Å². The minimum absolute atomic E-state index is 0. The van der Waals surface area contributed by atoms with Gasteiger partial charge in [0.15, 0.2) is 0 Å². The van der Waals surface area contributed by atoms with E-state index in [0.29, 0.717) is 17.7 Å². The predicted molar refractivity (Wildman–Crippen MR) is 94.9 cm³/mol. The van der Waals surface area contributed by atoms with Crippen LogP contribution in [0.15, 0.2) is 48.5 Å². The van der Waals surface area contributed by atoms with Gasteiger partial charge in [0, 0.05) is 18.7 Å². The van der Waals surface area contributed by atoms with Crippen LogP contribution in [0.5, 0.6) is 0 Å². The molecule has 0 heterocycles. The molecule has 8 heteroatoms. The van der Waals surface area contributed by atoms with Crippen molar-refractivity contribution < 1.29 is 22.7 Å². The number of rotatable bonds is 7. The fourth-order valence-electron chi connectivity index (χ4n) is 2.19. The first kappa shape index (κ1) is 22.0. The van der Waals surface area contributed by atoms with Crippen LogP contribution in [0.2, 0.25) is 0 Å². The standard InChI is InChI=1S/C18H19F3N2O2.ClH/c19-18(20,21)12-25-11-15-3-1-2-14(8-15)10-23-17(24)16-6-4-13(9-22)5-7-16;/h1-8H,9-12,22H2,(H,23,24);1H. The molecule has 2 rings (SSSR count). The Kier molecular flexibility index (Phi) is 8.57. The van der Waals surface area contributed by atoms with Gasteiger partial charge in [-0.25, -0.2) is 0 Å². The molecule has 0 aliphatic rings. The third-order valence-corrected chi connectivity index (χ3v) is 3.43. The molecule has 0 unspecified atom stereocenters. The van der Waals surface area contributed by atoms with E-state index >= 15 is 0 Å². The Morgan fingerprint density at radius 2 is 1.69 bits per heavy atom. The third kappa shape index (κ3) is 7.43. The number of carbonyl (C=O) groups excluding carboxylic acids is 1. The molecule has 26 heavy (non-hydrogen) atoms. The van der Waals surface area contributed by atoms with E-state index in [4.69, 9.17) is 5.73 Å². The lowest BCUT2D eigenvalue weighted by Crippen LogP contribution is -2.22. The van der Waals surface area contributed by atoms with Gasteiger partial charge in [0.05, 0.1) is 6.61 Å². The van der Waals surface area contributed by atoms with Crippen molar-refractivity contribution in [2.75, 3.05) is 6.61 Å². The molecule has 0 saturated heterocycles. The summed E-state index contributed by atoms with van der Waals surface area (Å²) in [7, 11) is 0. The molecule has 0 bridgehead atoms. The van der Waals surface area contributed by atoms with Gasteiger partial charge in [0.25, 0.3) is 5.91 Å². The SMILES string of the molecule is Cl.NCc1ccc(C(=O)NCc2cccc(COCC(F)(F)F)c2)cc1. The summed E-state index contributed by atoms with van der Waals surface area (Å²) in [5.41, 5.74) is 8.35. The molecule has 4 nitrogen and oxygen atoms in total. The number of hydrogen-bond donors (Lipinski definition) is 2. The number of nitrogens with one attached hydrogen (secondary N) is 1. The van der Waals surface area contributed by atoms with Crippen LogP contribution in [0.1, 0.15) is 27.0 Å². The number of carbonyl (C=O) groups is 1. The summed E-state index contributed by atoms with van der Waals surface area (Å²) in [6.07, 6.45) is -4.34. The van der Waals surface area contributed by atoms with Crippen LogP contribution in [0, 0.1) is 0 Å². The lowest BCUT2D eigenvalue weighted by atomic mass is 10.1. The van der Waals surface area contributed by atoms with E-state index in [0.717, 1.165) is 11.1 Å². The van der Waals surface area contributed by atoms with E-state index in [2.05, 4.69) is 10.1 Å². The second kappa shape index (κ2) is 10.2. The summed E-state index contributed by atoms with van der Waals surface area (Å²) in [5.74, 6) is -0.234. The Hall–Kier alpha value is -2.09. The van der Waals surface area contributed by atoms with Crippen molar-refractivity contribution in [1.29, 1.82) is 0 Å². The summed E-state index contributed by atoms with van der Waals surface area (Å²) in [4.78, 5) is 12.1. The van der Waals surface area contributed by atoms with Crippen LogP contribution in [-0.4, -0.2) is 18.7 Å². The molecular weight excluding hydrogens is 369 g/mol. The Balaban J connectivity index is 0.00000338. The largest absolute Gasteiger partial charge is 0.411 e. The first-order valence-electron chi connectivity index (χ1n) is 7.67. The predicted octanol–water partition coefficient (Wildman–Crippen LogP) is 3.58. The molecule has 2 aromatic rings. The van der Waals surface area contributed by atoms with Gasteiger partial charge >= 0.3 is 6.18 Å². The zero-order valence-electron chi connectivity index (χ0n) is 13.9. The van der Waals surface area contributed by atoms with Crippen molar-refractivity contribution in [2.45, 2.75) is 25.9 Å². The Morgan fingerprint density at radius 1 is 1.04 bits per heavy atom. The maximum absolute atomic E-state index is 12.1. The zero-order chi connectivity index (χ0) is 18.3. The molecule has 0 aliphatic carbocycles. The number of benzene rings is 2. The van der Waals surface area contributed by atoms with Crippen LogP contribution in [-0.2, 0) is 24.4 Å². The first-order valence-corrected chi connectivity index (χ1v) is 7.67. The number of halogens is 4. The van der Waals surface area contributed by atoms with E-state index in [-0.39, 0.29) is 31.5 Å². The minimum Gasteiger partial charge on any atom is -0.367 e. The highest BCUT2D eigenvalue weighted by atomic mass is 35.5. The molecule has 2 aromatic carbocycles. The maximum atomic E-state index is 12.1. The molecule has 0 spiro atoms. The molecule has 0 aliphatic heterocycles. The second-order valence-electron chi connectivity index (χ2n) is 5.51. The monoisotopic (exact) mass is 388 g/mol. The van der Waals surface area contributed by atoms with Crippen LogP contribution in [0.4, 0.5) is 13.2 Å². The molecule has 142 valence electrons. The van der Waals surface area contributed by atoms with Gasteiger partial charge < -0.3 is 15.8 Å². The smallest absolute Gasteiger partial charge is 0.367 e. The highest BCUT2D eigenvalue weighted by Gasteiger charge is 2.27. The quantitative estimate of drug-likeness (QED) is 0.762. The van der Waals surface area contributed by atoms with Crippen molar-refractivity contribution in [3.05, 3.63) is 70.8 Å². The molecule has 0 saturated carbocycles. The Morgan fingerprint density at radius 3 is 2.31 bits per heavy atom. The number of ether oxygens (including phenoxy) is 1. The van der Waals surface area contributed by atoms with Crippen LogP contribution < -0.4 is 11.1 Å². The summed E-state index contributed by atoms with van der Waals surface area (Å²) in [6.45, 7) is -0.746. The number of amides is 1. The van der Waals surface area contributed by atoms with Crippen LogP contribution >= 0.6 is 12.4 Å². The zero-order valence-corrected chi connectivity index (χ0v) is 14.7. The second-order valence-corrected chi connectivity index (χ2v) is 5.51. The van der Waals surface area contributed by atoms with E-state index in [1.807, 2.05) is 0 Å². The van der Waals surface area contributed by atoms with Gasteiger partial charge in [-0.3, -0.25) is 4.79 Å². The van der Waals surface area contributed by atoms with Crippen molar-refractivity contribution in [3.8, 4) is 0 Å². The fourth-order valence-corrected chi connectivity index (χ4v) is 2.19. The average Bonchev–Trinajstić information content (AvgIpc) is 2.59. The van der Waals surface area contributed by atoms with E-state index in [9.17, 15) is 18.0 Å². The minimum atomic E-state index is -4.34. The van der Waals surface area contributed by atoms with E-state index in [1.54, 1.807) is 48.5 Å². The summed E-state index contributed by atoms with van der Waals surface area (Å²) >= 11 is 0. The van der Waals surface area contributed by atoms with Gasteiger partial charge in [0.1, 0.15) is 6.61 Å². The van der Waals surface area contributed by atoms with Crippen LogP contribution in [0.25, 0.3) is 0 Å². The average molecular weight is 389 g/mol. The molecule has 0 atom stereocenters. The third-order valence-electron chi connectivity index (χ3n) is 3.43. The topological polar surface area (TPSA) is 64.4 Å². The Labute approximate surface area is 155 Å². The molecule has 0 fully saturated rings. The fraction of sp³-hybridized carbons (Fsp3) is 0.278. The van der Waals surface area contributed by atoms with Gasteiger partial charge in [-0.05, 0) is 28.8 Å². The lowest BCUT2D eigenvalue weighted by Gasteiger charge is -2.10. The summed E-state index contributed by atoms with van der Waals surface area (Å²) < 4.78 is 40.9. The normalized spacial score (nSPS) is 10.9. The number of alkyl halides is 3. The molecule has 1 amide bonds. The summed E-state index contributed by atoms with van der Waals surface area (Å²) in [6, 6.07) is 13.8. The molecule has 0 radical (unpaired) electrons. The van der Waals surface area contributed by atoms with E-state index < -0.39 is 12.8 Å². The first-order chi connectivity index (χ1) is 11.9. The number of nitrogens with two attached hydrogens (primary N) is 1. The van der Waals surface area contributed by atoms with Gasteiger partial charge in [-0.1, -0.05) is 36.4 Å². The van der Waals surface area contributed by atoms with Crippen molar-refractivity contribution >= 4 is 18.3 Å². The van der Waals surface area contributed by atoms with Gasteiger partial charge in [-0.2, -0.15) is 13.2 Å². The maximum Gasteiger partial charge on any atom is 0.411 e. The summed E-state index contributed by atoms with van der Waals surface area (Å²) in [5, 5.41) is 2.77. The molecular formula is C18H20ClF3N2O2. The highest BCUT2D eigenvalue weighted by molar-refractivity contribution is 5.94. The van der Waals surface area contributed by atoms with Gasteiger partial charge in [0.2, 0.25) is 0 Å². The number of hydrogen-bond acceptors (Lipinski definition) is 3. The van der Waals surface area contributed by atoms with Crippen molar-refractivity contribution in [3.63, 3.8) is 0 Å². The molecule has 0 aromatic heterocycles. The van der Waals surface area contributed by atoms with Gasteiger partial charge in [-0.15, -0.1) is 12.4 Å². The van der Waals surface area contributed by atoms with Crippen LogP contribution in [0.3, 0.4) is 0 Å². The van der Waals surface area contributed by atoms with Crippen molar-refractivity contribution in [1.82, 2.24) is 5.32 Å². The lowest BCUT2D eigenvalue weighted by molar-refractivity contribution is -0.176. The van der Waals surface area contributed by atoms with E-state index in [1.165, 1.54) is 0 Å². The molecule has 3 N–H and O–H groups in total. The Bertz CT molecular complexity index is 706. The highest BCUT2D eigenvalue weighted by Crippen LogP contribution is 2.16.